The zero-order chi connectivity index (χ0) is 28.6. The van der Waals surface area contributed by atoms with Crippen LogP contribution in [0.15, 0.2) is 17.2 Å². The predicted octanol–water partition coefficient (Wildman–Crippen LogP) is 6.50. The van der Waals surface area contributed by atoms with Crippen molar-refractivity contribution in [2.75, 3.05) is 18.0 Å². The van der Waals surface area contributed by atoms with Gasteiger partial charge >= 0.3 is 12.6 Å². The Labute approximate surface area is 245 Å². The Morgan fingerprint density at radius 3 is 2.71 bits per heavy atom. The number of thioether (sulfide) groups is 1. The molecule has 7 nitrogen and oxygen atoms in total. The van der Waals surface area contributed by atoms with Crippen LogP contribution in [0.1, 0.15) is 100 Å². The Kier molecular flexibility index (Phi) is 8.78. The van der Waals surface area contributed by atoms with Crippen LogP contribution < -0.4 is 10.2 Å². The van der Waals surface area contributed by atoms with Crippen molar-refractivity contribution in [3.63, 3.8) is 0 Å². The van der Waals surface area contributed by atoms with Gasteiger partial charge in [-0.2, -0.15) is 8.78 Å². The number of carboxylic acid groups (broad SMARTS) is 1. The summed E-state index contributed by atoms with van der Waals surface area (Å²) in [5, 5.41) is 13.8. The van der Waals surface area contributed by atoms with Gasteiger partial charge in [-0.1, -0.05) is 19.3 Å². The molecule has 1 aliphatic heterocycles. The van der Waals surface area contributed by atoms with Gasteiger partial charge in [0, 0.05) is 30.8 Å². The average Bonchev–Trinajstić information content (AvgIpc) is 3.13. The van der Waals surface area contributed by atoms with Gasteiger partial charge in [0.2, 0.25) is 0 Å². The van der Waals surface area contributed by atoms with Crippen molar-refractivity contribution in [3.8, 4) is 0 Å². The standard InChI is InChI=1S/C31H43F2N3O4S/c32-30(33)40-31-15-19-8-10-25(24(17-31)21(13-19)16-31)34-28(39)23-9-11-26(35-29(23)41-22-6-2-1-3-7-22)36-12-4-5-20(18-36)14-27(37)38/h9,11,19-22,24-25,30H,1-8,10,12-18H2,(H,34,39)(H,37,38)/t19?,20-,21?,24?,25-,31-/m0/s1. The van der Waals surface area contributed by atoms with Crippen LogP contribution in [0.2, 0.25) is 0 Å². The number of rotatable bonds is 9. The molecule has 1 aromatic rings. The Morgan fingerprint density at radius 2 is 1.93 bits per heavy atom. The lowest BCUT2D eigenvalue weighted by atomic mass is 9.77. The van der Waals surface area contributed by atoms with Crippen LogP contribution in [-0.2, 0) is 9.53 Å². The molecule has 6 rings (SSSR count). The number of anilines is 1. The maximum absolute atomic E-state index is 13.9. The molecule has 3 unspecified atom stereocenters. The average molecular weight is 592 g/mol. The van der Waals surface area contributed by atoms with Crippen LogP contribution in [-0.4, -0.2) is 58.6 Å². The molecule has 5 fully saturated rings. The molecule has 4 aliphatic carbocycles. The molecule has 2 heterocycles. The molecular weight excluding hydrogens is 548 g/mol. The highest BCUT2D eigenvalue weighted by atomic mass is 32.2. The summed E-state index contributed by atoms with van der Waals surface area (Å²) in [7, 11) is 0. The second-order valence-corrected chi connectivity index (χ2v) is 14.6. The van der Waals surface area contributed by atoms with Crippen molar-refractivity contribution in [1.82, 2.24) is 10.3 Å². The number of amides is 1. The number of nitrogens with zero attached hydrogens (tertiary/aromatic N) is 2. The minimum atomic E-state index is -2.76. The smallest absolute Gasteiger partial charge is 0.345 e. The Hall–Kier alpha value is -1.94. The van der Waals surface area contributed by atoms with Crippen molar-refractivity contribution in [2.24, 2.45) is 23.7 Å². The second kappa shape index (κ2) is 12.3. The number of nitrogens with one attached hydrogen (secondary N) is 1. The zero-order valence-corrected chi connectivity index (χ0v) is 24.6. The van der Waals surface area contributed by atoms with Gasteiger partial charge in [-0.15, -0.1) is 11.8 Å². The molecule has 0 aromatic carbocycles. The van der Waals surface area contributed by atoms with Gasteiger partial charge in [0.25, 0.3) is 5.91 Å². The van der Waals surface area contributed by atoms with E-state index < -0.39 is 18.2 Å². The van der Waals surface area contributed by atoms with Gasteiger partial charge in [0.1, 0.15) is 10.8 Å². The SMILES string of the molecule is O=C(O)C[C@@H]1CCCN(c2ccc(C(=O)N[C@H]3CCC4CC5C[C@@](OC(F)F)(C4)CC53)c(SC3CCCCC3)n2)C1. The lowest BCUT2D eigenvalue weighted by Gasteiger charge is -2.37. The third-order valence-electron chi connectivity index (χ3n) is 10.4. The van der Waals surface area contributed by atoms with Crippen LogP contribution in [0.5, 0.6) is 0 Å². The summed E-state index contributed by atoms with van der Waals surface area (Å²) in [6, 6.07) is 3.76. The second-order valence-electron chi connectivity index (χ2n) is 13.3. The molecule has 226 valence electrons. The number of ether oxygens (including phenoxy) is 1. The van der Waals surface area contributed by atoms with Crippen LogP contribution in [0.4, 0.5) is 14.6 Å². The van der Waals surface area contributed by atoms with Crippen molar-refractivity contribution in [1.29, 1.82) is 0 Å². The van der Waals surface area contributed by atoms with Crippen molar-refractivity contribution >= 4 is 29.5 Å². The largest absolute Gasteiger partial charge is 0.481 e. The van der Waals surface area contributed by atoms with E-state index in [0.29, 0.717) is 48.5 Å². The Bertz CT molecular complexity index is 1120. The topological polar surface area (TPSA) is 91.8 Å². The van der Waals surface area contributed by atoms with Gasteiger partial charge in [-0.3, -0.25) is 9.59 Å². The summed E-state index contributed by atoms with van der Waals surface area (Å²) in [4.78, 5) is 32.4. The summed E-state index contributed by atoms with van der Waals surface area (Å²) in [6.07, 6.45) is 12.7. The lowest BCUT2D eigenvalue weighted by Crippen LogP contribution is -2.43. The minimum absolute atomic E-state index is 0.0491. The molecule has 0 spiro atoms. The number of halogens is 2. The normalized spacial score (nSPS) is 33.6. The van der Waals surface area contributed by atoms with E-state index in [4.69, 9.17) is 9.72 Å². The van der Waals surface area contributed by atoms with E-state index >= 15 is 0 Å². The summed E-state index contributed by atoms with van der Waals surface area (Å²) >= 11 is 1.71. The summed E-state index contributed by atoms with van der Waals surface area (Å²) < 4.78 is 31.9. The number of hydrogen-bond acceptors (Lipinski definition) is 6. The van der Waals surface area contributed by atoms with Crippen LogP contribution >= 0.6 is 11.8 Å². The molecule has 1 saturated heterocycles. The summed E-state index contributed by atoms with van der Waals surface area (Å²) in [5.41, 5.74) is -0.153. The number of pyridine rings is 1. The van der Waals surface area contributed by atoms with E-state index in [1.807, 2.05) is 12.1 Å². The molecule has 4 saturated carbocycles. The number of carbonyl (C=O) groups is 2. The molecule has 10 heteroatoms. The fourth-order valence-electron chi connectivity index (χ4n) is 8.75. The molecule has 6 atom stereocenters. The van der Waals surface area contributed by atoms with Crippen molar-refractivity contribution in [3.05, 3.63) is 17.7 Å². The quantitative estimate of drug-likeness (QED) is 0.339. The fraction of sp³-hybridized carbons (Fsp3) is 0.774. The number of alkyl halides is 2. The maximum Gasteiger partial charge on any atom is 0.345 e. The molecule has 2 N–H and O–H groups in total. The van der Waals surface area contributed by atoms with E-state index in [9.17, 15) is 23.5 Å². The van der Waals surface area contributed by atoms with Crippen molar-refractivity contribution < 1.29 is 28.2 Å². The number of carboxylic acids is 1. The third-order valence-corrected chi connectivity index (χ3v) is 11.8. The van der Waals surface area contributed by atoms with Crippen molar-refractivity contribution in [2.45, 2.75) is 118 Å². The first kappa shape index (κ1) is 29.1. The minimum Gasteiger partial charge on any atom is -0.481 e. The number of aliphatic carboxylic acids is 1. The maximum atomic E-state index is 13.9. The molecule has 41 heavy (non-hydrogen) atoms. The van der Waals surface area contributed by atoms with E-state index in [1.54, 1.807) is 11.8 Å². The molecular formula is C31H43F2N3O4S. The zero-order valence-electron chi connectivity index (χ0n) is 23.7. The molecule has 5 aliphatic rings. The number of aromatic nitrogens is 1. The molecule has 1 aromatic heterocycles. The predicted molar refractivity (Wildman–Crippen MR) is 153 cm³/mol. The van der Waals surface area contributed by atoms with Gasteiger partial charge in [-0.05, 0) is 100 Å². The summed E-state index contributed by atoms with van der Waals surface area (Å²) in [6.45, 7) is -1.27. The number of fused-ring (bicyclic) bond motifs is 2. The highest BCUT2D eigenvalue weighted by Gasteiger charge is 2.56. The van der Waals surface area contributed by atoms with E-state index in [2.05, 4.69) is 10.2 Å². The first-order valence-electron chi connectivity index (χ1n) is 15.7. The van der Waals surface area contributed by atoms with Crippen LogP contribution in [0.25, 0.3) is 0 Å². The van der Waals surface area contributed by atoms with Gasteiger partial charge in [-0.25, -0.2) is 4.98 Å². The van der Waals surface area contributed by atoms with Crippen LogP contribution in [0.3, 0.4) is 0 Å². The first-order chi connectivity index (χ1) is 19.8. The Balaban J connectivity index is 1.21. The van der Waals surface area contributed by atoms with Crippen LogP contribution in [0, 0.1) is 23.7 Å². The van der Waals surface area contributed by atoms with Gasteiger partial charge < -0.3 is 20.1 Å². The molecule has 1 amide bonds. The number of hydrogen-bond donors (Lipinski definition) is 2. The van der Waals surface area contributed by atoms with Gasteiger partial charge in [0.15, 0.2) is 0 Å². The lowest BCUT2D eigenvalue weighted by molar-refractivity contribution is -0.219. The van der Waals surface area contributed by atoms with Gasteiger partial charge in [0.05, 0.1) is 11.2 Å². The Morgan fingerprint density at radius 1 is 1.10 bits per heavy atom. The molecule has 3 bridgehead atoms. The number of carbonyl (C=O) groups excluding carboxylic acids is 1. The molecule has 0 radical (unpaired) electrons. The summed E-state index contributed by atoms with van der Waals surface area (Å²) in [5.74, 6) is 0.871. The first-order valence-corrected chi connectivity index (χ1v) is 16.6. The van der Waals surface area contributed by atoms with E-state index in [1.165, 1.54) is 19.3 Å². The highest BCUT2D eigenvalue weighted by Crippen LogP contribution is 2.57. The van der Waals surface area contributed by atoms with E-state index in [0.717, 1.165) is 62.3 Å². The monoisotopic (exact) mass is 591 g/mol. The fourth-order valence-corrected chi connectivity index (χ4v) is 10.1. The third kappa shape index (κ3) is 6.68. The van der Waals surface area contributed by atoms with E-state index in [-0.39, 0.29) is 30.2 Å². The highest BCUT2D eigenvalue weighted by molar-refractivity contribution is 7.99. The number of piperidine rings is 1.